The first-order valence-electron chi connectivity index (χ1n) is 5.23. The fraction of sp³-hybridized carbons (Fsp3) is 0.250. The minimum absolute atomic E-state index is 0.236. The Morgan fingerprint density at radius 3 is 2.75 bits per heavy atom. The largest absolute Gasteiger partial charge is 0.307 e. The predicted octanol–water partition coefficient (Wildman–Crippen LogP) is 1.17. The van der Waals surface area contributed by atoms with E-state index in [0.717, 1.165) is 12.6 Å². The summed E-state index contributed by atoms with van der Waals surface area (Å²) in [6, 6.07) is 7.05. The van der Waals surface area contributed by atoms with E-state index in [-0.39, 0.29) is 11.1 Å². The Bertz CT molecular complexity index is 632. The minimum atomic E-state index is -0.359. The smallest absolute Gasteiger partial charge is 0.279 e. The van der Waals surface area contributed by atoms with Gasteiger partial charge >= 0.3 is 0 Å². The summed E-state index contributed by atoms with van der Waals surface area (Å²) < 4.78 is 1.59. The molecule has 0 amide bonds. The van der Waals surface area contributed by atoms with Gasteiger partial charge in [-0.15, -0.1) is 0 Å². The van der Waals surface area contributed by atoms with E-state index in [1.807, 2.05) is 13.0 Å². The lowest BCUT2D eigenvalue weighted by atomic mass is 10.2. The number of nitrogens with zero attached hydrogens (tertiary/aromatic N) is 2. The summed E-state index contributed by atoms with van der Waals surface area (Å²) in [4.78, 5) is 27.0. The topological polar surface area (TPSA) is 52.0 Å². The highest BCUT2D eigenvalue weighted by molar-refractivity contribution is 5.77. The summed E-state index contributed by atoms with van der Waals surface area (Å²) in [6.45, 7) is 2.58. The number of para-hydroxylation sites is 1. The molecular weight excluding hydrogens is 204 g/mol. The fourth-order valence-electron chi connectivity index (χ4n) is 1.72. The maximum Gasteiger partial charge on any atom is 0.279 e. The molecule has 0 radical (unpaired) electrons. The van der Waals surface area contributed by atoms with Crippen LogP contribution in [0.1, 0.15) is 13.3 Å². The van der Waals surface area contributed by atoms with Crippen LogP contribution >= 0.6 is 0 Å². The maximum absolute atomic E-state index is 11.7. The van der Waals surface area contributed by atoms with Crippen molar-refractivity contribution in [3.05, 3.63) is 51.2 Å². The molecule has 16 heavy (non-hydrogen) atoms. The Morgan fingerprint density at radius 2 is 2.00 bits per heavy atom. The van der Waals surface area contributed by atoms with Gasteiger partial charge in [0.1, 0.15) is 0 Å². The molecule has 4 heteroatoms. The van der Waals surface area contributed by atoms with E-state index in [2.05, 4.69) is 4.98 Å². The minimum Gasteiger partial charge on any atom is -0.307 e. The van der Waals surface area contributed by atoms with Crippen LogP contribution in [0.15, 0.2) is 40.1 Å². The zero-order valence-electron chi connectivity index (χ0n) is 9.01. The third-order valence-electron chi connectivity index (χ3n) is 2.43. The lowest BCUT2D eigenvalue weighted by Crippen LogP contribution is -2.16. The number of fused-ring (bicyclic) bond motifs is 1. The zero-order chi connectivity index (χ0) is 11.5. The molecule has 0 saturated carbocycles. The van der Waals surface area contributed by atoms with Gasteiger partial charge in [-0.05, 0) is 18.6 Å². The molecule has 1 aromatic carbocycles. The summed E-state index contributed by atoms with van der Waals surface area (Å²) >= 11 is 0. The predicted molar refractivity (Wildman–Crippen MR) is 62.6 cm³/mol. The van der Waals surface area contributed by atoms with Gasteiger partial charge in [-0.3, -0.25) is 9.59 Å². The van der Waals surface area contributed by atoms with Crippen LogP contribution in [-0.4, -0.2) is 9.55 Å². The van der Waals surface area contributed by atoms with Crippen LogP contribution in [0.5, 0.6) is 0 Å². The van der Waals surface area contributed by atoms with Crippen LogP contribution in [-0.2, 0) is 6.54 Å². The number of aryl methyl sites for hydroxylation is 1. The summed E-state index contributed by atoms with van der Waals surface area (Å²) in [7, 11) is 0. The zero-order valence-corrected chi connectivity index (χ0v) is 9.01. The highest BCUT2D eigenvalue weighted by Gasteiger charge is 2.03. The van der Waals surface area contributed by atoms with Crippen LogP contribution < -0.4 is 11.1 Å². The van der Waals surface area contributed by atoms with Crippen LogP contribution in [0.25, 0.3) is 10.9 Å². The van der Waals surface area contributed by atoms with Gasteiger partial charge in [0.05, 0.1) is 17.1 Å². The molecule has 4 nitrogen and oxygen atoms in total. The van der Waals surface area contributed by atoms with Crippen molar-refractivity contribution in [3.8, 4) is 0 Å². The van der Waals surface area contributed by atoms with Gasteiger partial charge in [-0.2, -0.15) is 0 Å². The van der Waals surface area contributed by atoms with E-state index in [0.29, 0.717) is 17.4 Å². The van der Waals surface area contributed by atoms with E-state index >= 15 is 0 Å². The summed E-state index contributed by atoms with van der Waals surface area (Å²) in [6.07, 6.45) is 1.93. The molecule has 82 valence electrons. The molecule has 0 aliphatic heterocycles. The first-order chi connectivity index (χ1) is 7.74. The highest BCUT2D eigenvalue weighted by Crippen LogP contribution is 2.06. The van der Waals surface area contributed by atoms with Crippen molar-refractivity contribution in [2.45, 2.75) is 19.9 Å². The van der Waals surface area contributed by atoms with Gasteiger partial charge in [-0.25, -0.2) is 4.98 Å². The molecule has 2 aromatic rings. The molecular formula is C12H12N2O2. The van der Waals surface area contributed by atoms with E-state index in [1.54, 1.807) is 22.8 Å². The van der Waals surface area contributed by atoms with E-state index in [4.69, 9.17) is 0 Å². The van der Waals surface area contributed by atoms with E-state index < -0.39 is 0 Å². The lowest BCUT2D eigenvalue weighted by Gasteiger charge is -2.03. The quantitative estimate of drug-likeness (QED) is 0.757. The number of aromatic nitrogens is 2. The molecule has 0 spiro atoms. The van der Waals surface area contributed by atoms with Gasteiger partial charge in [-0.1, -0.05) is 19.1 Å². The first kappa shape index (κ1) is 10.5. The van der Waals surface area contributed by atoms with Gasteiger partial charge < -0.3 is 4.57 Å². The molecule has 0 N–H and O–H groups in total. The van der Waals surface area contributed by atoms with Crippen LogP contribution in [0.2, 0.25) is 0 Å². The second-order valence-corrected chi connectivity index (χ2v) is 3.57. The second-order valence-electron chi connectivity index (χ2n) is 3.57. The Labute approximate surface area is 92.2 Å². The van der Waals surface area contributed by atoms with Crippen molar-refractivity contribution in [1.29, 1.82) is 0 Å². The SMILES string of the molecule is CCCn1c(=O)cnc(=O)c2ccccc21. The van der Waals surface area contributed by atoms with Crippen LogP contribution in [0.4, 0.5) is 0 Å². The number of hydrogen-bond acceptors (Lipinski definition) is 3. The Balaban J connectivity index is 2.99. The van der Waals surface area contributed by atoms with Crippen molar-refractivity contribution in [1.82, 2.24) is 9.55 Å². The van der Waals surface area contributed by atoms with Gasteiger partial charge in [0.25, 0.3) is 11.1 Å². The molecule has 1 heterocycles. The van der Waals surface area contributed by atoms with Crippen molar-refractivity contribution < 1.29 is 0 Å². The maximum atomic E-state index is 11.7. The van der Waals surface area contributed by atoms with Crippen LogP contribution in [0.3, 0.4) is 0 Å². The van der Waals surface area contributed by atoms with Crippen molar-refractivity contribution in [2.24, 2.45) is 0 Å². The highest BCUT2D eigenvalue weighted by atomic mass is 16.1. The molecule has 0 unspecified atom stereocenters. The molecule has 0 bridgehead atoms. The normalized spacial score (nSPS) is 10.6. The molecule has 0 atom stereocenters. The molecule has 0 aliphatic rings. The fourth-order valence-corrected chi connectivity index (χ4v) is 1.72. The number of hydrogen-bond donors (Lipinski definition) is 0. The first-order valence-corrected chi connectivity index (χ1v) is 5.23. The van der Waals surface area contributed by atoms with Gasteiger partial charge in [0.2, 0.25) is 0 Å². The lowest BCUT2D eigenvalue weighted by molar-refractivity contribution is 0.679. The molecule has 2 rings (SSSR count). The van der Waals surface area contributed by atoms with E-state index in [1.165, 1.54) is 0 Å². The van der Waals surface area contributed by atoms with Crippen molar-refractivity contribution >= 4 is 10.9 Å². The summed E-state index contributed by atoms with van der Waals surface area (Å²) in [5.74, 6) is 0. The monoisotopic (exact) mass is 216 g/mol. The molecule has 0 aliphatic carbocycles. The average molecular weight is 216 g/mol. The Kier molecular flexibility index (Phi) is 2.81. The molecule has 1 aromatic heterocycles. The summed E-state index contributed by atoms with van der Waals surface area (Å²) in [5, 5.41) is 0.484. The van der Waals surface area contributed by atoms with Gasteiger partial charge in [0, 0.05) is 6.54 Å². The molecule has 0 fully saturated rings. The van der Waals surface area contributed by atoms with Crippen LogP contribution in [0, 0.1) is 0 Å². The van der Waals surface area contributed by atoms with E-state index in [9.17, 15) is 9.59 Å². The average Bonchev–Trinajstić information content (AvgIpc) is 2.42. The van der Waals surface area contributed by atoms with Crippen molar-refractivity contribution in [3.63, 3.8) is 0 Å². The standard InChI is InChI=1S/C12H12N2O2/c1-2-7-14-10-6-4-3-5-9(10)12(16)13-8-11(14)15/h3-6,8H,2,7H2,1H3. The second kappa shape index (κ2) is 4.26. The Hall–Kier alpha value is -1.97. The number of rotatable bonds is 2. The van der Waals surface area contributed by atoms with Gasteiger partial charge in [0.15, 0.2) is 0 Å². The third kappa shape index (κ3) is 1.74. The summed E-state index contributed by atoms with van der Waals surface area (Å²) in [5.41, 5.74) is 0.0551. The number of benzene rings is 1. The molecule has 0 saturated heterocycles. The Morgan fingerprint density at radius 1 is 1.25 bits per heavy atom. The third-order valence-corrected chi connectivity index (χ3v) is 2.43. The van der Waals surface area contributed by atoms with Crippen molar-refractivity contribution in [2.75, 3.05) is 0 Å².